The van der Waals surface area contributed by atoms with Crippen molar-refractivity contribution in [3.8, 4) is 0 Å². The molecule has 176 valence electrons. The van der Waals surface area contributed by atoms with Crippen LogP contribution in [0.1, 0.15) is 19.3 Å². The highest BCUT2D eigenvalue weighted by molar-refractivity contribution is 8.09. The number of benzene rings is 4. The summed E-state index contributed by atoms with van der Waals surface area (Å²) in [6.07, 6.45) is 4.48. The second-order valence-electron chi connectivity index (χ2n) is 9.44. The van der Waals surface area contributed by atoms with Crippen molar-refractivity contribution < 1.29 is 0 Å². The van der Waals surface area contributed by atoms with Crippen molar-refractivity contribution in [2.45, 2.75) is 30.6 Å². The topological polar surface area (TPSA) is 0 Å². The Morgan fingerprint density at radius 2 is 0.657 bits per heavy atom. The summed E-state index contributed by atoms with van der Waals surface area (Å²) < 4.78 is 0. The Morgan fingerprint density at radius 1 is 0.400 bits per heavy atom. The first-order chi connectivity index (χ1) is 17.1. The molecular formula is C31H36B2P2. The molecule has 0 saturated heterocycles. The molecule has 2 aliphatic rings. The average Bonchev–Trinajstić information content (AvgIpc) is 3.56. The summed E-state index contributed by atoms with van der Waals surface area (Å²) in [4.78, 5) is 0. The second-order valence-corrected chi connectivity index (χ2v) is 14.3. The van der Waals surface area contributed by atoms with Crippen molar-refractivity contribution in [2.75, 3.05) is 0 Å². The molecule has 0 radical (unpaired) electrons. The molecule has 35 heavy (non-hydrogen) atoms. The Balaban J connectivity index is 1.39. The first-order valence-corrected chi connectivity index (χ1v) is 15.0. The second kappa shape index (κ2) is 9.39. The van der Waals surface area contributed by atoms with Crippen LogP contribution in [0.2, 0.25) is 0 Å². The van der Waals surface area contributed by atoms with Gasteiger partial charge in [0.1, 0.15) is 15.1 Å². The summed E-state index contributed by atoms with van der Waals surface area (Å²) >= 11 is 0. The van der Waals surface area contributed by atoms with E-state index in [9.17, 15) is 0 Å². The Labute approximate surface area is 214 Å². The summed E-state index contributed by atoms with van der Waals surface area (Å²) in [6, 6.07) is 47.1. The van der Waals surface area contributed by atoms with Gasteiger partial charge in [-0.3, -0.25) is 0 Å². The van der Waals surface area contributed by atoms with Gasteiger partial charge >= 0.3 is 0 Å². The van der Waals surface area contributed by atoms with Gasteiger partial charge in [-0.2, -0.15) is 0 Å². The molecule has 4 atom stereocenters. The van der Waals surface area contributed by atoms with E-state index in [1.807, 2.05) is 0 Å². The molecule has 2 bridgehead atoms. The van der Waals surface area contributed by atoms with Gasteiger partial charge in [0.05, 0.1) is 21.2 Å². The van der Waals surface area contributed by atoms with Gasteiger partial charge in [-0.15, -0.1) is 0 Å². The van der Waals surface area contributed by atoms with Gasteiger partial charge in [0.2, 0.25) is 0 Å². The number of hydrogen-bond acceptors (Lipinski definition) is 0. The highest BCUT2D eigenvalue weighted by atomic mass is 31.2. The predicted octanol–water partition coefficient (Wildman–Crippen LogP) is 4.05. The summed E-state index contributed by atoms with van der Waals surface area (Å²) in [5, 5.41) is 6.86. The van der Waals surface area contributed by atoms with Gasteiger partial charge in [0.15, 0.2) is 0 Å². The molecular weight excluding hydrogens is 456 g/mol. The molecule has 4 heteroatoms. The maximum atomic E-state index is 2.49. The number of fused-ring (bicyclic) bond motifs is 2. The maximum Gasteiger partial charge on any atom is 0.138 e. The van der Waals surface area contributed by atoms with E-state index >= 15 is 0 Å². The minimum atomic E-state index is -1.20. The van der Waals surface area contributed by atoms with E-state index in [0.717, 1.165) is 23.2 Å². The third kappa shape index (κ3) is 3.86. The highest BCUT2D eigenvalue weighted by Gasteiger charge is 2.59. The van der Waals surface area contributed by atoms with Crippen molar-refractivity contribution in [3.63, 3.8) is 0 Å². The quantitative estimate of drug-likeness (QED) is 0.282. The molecule has 0 nitrogen and oxygen atoms in total. The summed E-state index contributed by atoms with van der Waals surface area (Å²) in [5.41, 5.74) is 1.88. The van der Waals surface area contributed by atoms with Crippen LogP contribution in [-0.2, 0) is 0 Å². The van der Waals surface area contributed by atoms with Crippen molar-refractivity contribution in [1.82, 2.24) is 0 Å². The largest absolute Gasteiger partial charge is 0.138 e. The summed E-state index contributed by atoms with van der Waals surface area (Å²) in [5.74, 6) is 1.86. The smallest absolute Gasteiger partial charge is 0.0895 e. The SMILES string of the molecule is [BH3-][P+](c1ccccc1)(c1ccccc1)[C@H]1C[C@@H]2C[C@H]1C[C@@H]2[P+]([BH3-])(c1ccccc1)c1ccccc1. The van der Waals surface area contributed by atoms with E-state index in [0.29, 0.717) is 0 Å². The molecule has 0 spiro atoms. The molecule has 0 N–H and O–H groups in total. The molecule has 0 heterocycles. The molecule has 2 aliphatic carbocycles. The van der Waals surface area contributed by atoms with E-state index in [2.05, 4.69) is 121 Å². The van der Waals surface area contributed by atoms with Crippen LogP contribution < -0.4 is 21.2 Å². The first kappa shape index (κ1) is 23.3. The van der Waals surface area contributed by atoms with Gasteiger partial charge in [0, 0.05) is 11.3 Å². The van der Waals surface area contributed by atoms with E-state index in [4.69, 9.17) is 0 Å². The molecule has 0 aromatic heterocycles. The Morgan fingerprint density at radius 3 is 0.886 bits per heavy atom. The van der Waals surface area contributed by atoms with E-state index in [-0.39, 0.29) is 15.1 Å². The van der Waals surface area contributed by atoms with Crippen LogP contribution in [0.3, 0.4) is 0 Å². The van der Waals surface area contributed by atoms with Crippen LogP contribution >= 0.6 is 14.3 Å². The lowest BCUT2D eigenvalue weighted by Gasteiger charge is -2.45. The van der Waals surface area contributed by atoms with Gasteiger partial charge in [-0.25, -0.2) is 0 Å². The van der Waals surface area contributed by atoms with Gasteiger partial charge < -0.3 is 0 Å². The zero-order chi connectivity index (χ0) is 23.9. The third-order valence-corrected chi connectivity index (χ3v) is 13.6. The van der Waals surface area contributed by atoms with Crippen LogP contribution in [0, 0.1) is 11.8 Å². The van der Waals surface area contributed by atoms with Crippen molar-refractivity contribution in [1.29, 1.82) is 0 Å². The van der Waals surface area contributed by atoms with E-state index in [1.54, 1.807) is 21.2 Å². The van der Waals surface area contributed by atoms with E-state index in [1.165, 1.54) is 19.3 Å². The molecule has 2 saturated carbocycles. The lowest BCUT2D eigenvalue weighted by molar-refractivity contribution is 0.496. The lowest BCUT2D eigenvalue weighted by atomic mass is 9.99. The third-order valence-electron chi connectivity index (χ3n) is 7.58. The molecule has 0 amide bonds. The highest BCUT2D eigenvalue weighted by Crippen LogP contribution is 2.73. The van der Waals surface area contributed by atoms with Gasteiger partial charge in [-0.1, -0.05) is 87.1 Å². The fourth-order valence-corrected chi connectivity index (χ4v) is 12.7. The maximum absolute atomic E-state index is 2.49. The Kier molecular flexibility index (Phi) is 6.25. The van der Waals surface area contributed by atoms with Crippen LogP contribution in [0.4, 0.5) is 0 Å². The van der Waals surface area contributed by atoms with Crippen LogP contribution in [0.25, 0.3) is 0 Å². The minimum absolute atomic E-state index is 0.160. The van der Waals surface area contributed by atoms with Gasteiger partial charge in [0.25, 0.3) is 0 Å². The zero-order valence-corrected chi connectivity index (χ0v) is 20.7. The van der Waals surface area contributed by atoms with Crippen molar-refractivity contribution in [2.24, 2.45) is 11.8 Å². The molecule has 6 rings (SSSR count). The summed E-state index contributed by atoms with van der Waals surface area (Å²) in [6.45, 7) is 0. The zero-order valence-electron chi connectivity index (χ0n) is 18.9. The first-order valence-electron chi connectivity index (χ1n) is 12.2. The average molecular weight is 492 g/mol. The van der Waals surface area contributed by atoms with Crippen LogP contribution in [0.15, 0.2) is 121 Å². The molecule has 4 aromatic rings. The number of hydrogen-bond donors (Lipinski definition) is 0. The Bertz CT molecular complexity index is 1080. The van der Waals surface area contributed by atoms with Crippen molar-refractivity contribution in [3.05, 3.63) is 121 Å². The molecule has 0 aliphatic heterocycles. The molecule has 0 unspecified atom stereocenters. The van der Waals surface area contributed by atoms with Crippen LogP contribution in [-0.4, -0.2) is 26.4 Å². The van der Waals surface area contributed by atoms with Crippen LogP contribution in [0.5, 0.6) is 0 Å². The lowest BCUT2D eigenvalue weighted by Crippen LogP contribution is -2.40. The Hall–Kier alpha value is -2.13. The van der Waals surface area contributed by atoms with E-state index < -0.39 is 14.3 Å². The fraction of sp³-hybridized carbons (Fsp3) is 0.226. The fourth-order valence-electron chi connectivity index (χ4n) is 6.27. The minimum Gasteiger partial charge on any atom is -0.0895 e. The monoisotopic (exact) mass is 492 g/mol. The van der Waals surface area contributed by atoms with Gasteiger partial charge in [-0.05, 0) is 79.6 Å². The van der Waals surface area contributed by atoms with Crippen molar-refractivity contribution >= 4 is 50.6 Å². The molecule has 4 aromatic carbocycles. The summed E-state index contributed by atoms with van der Waals surface area (Å²) in [7, 11) is -2.09. The standard InChI is InChI=1S/C31H36B2P2/c32-34(26-13-5-1-6-14-26,27-15-7-2-8-16-27)30-22-25-21-24(30)23-31(25)35(33,28-17-9-3-10-18-28)29-19-11-4-12-20-29/h1-20,24-25,30-31H,21-23H2,32-33H3/t24-,25-,30-,31-/m0/s1. The predicted molar refractivity (Wildman–Crippen MR) is 166 cm³/mol. The number of rotatable bonds is 6. The normalized spacial score (nSPS) is 23.9. The molecule has 2 fully saturated rings.